The Morgan fingerprint density at radius 1 is 1.00 bits per heavy atom. The third-order valence-electron chi connectivity index (χ3n) is 3.07. The number of aliphatic imine (C=N–C) groups is 2. The largest absolute Gasteiger partial charge is 0.339 e. The molecule has 0 amide bonds. The van der Waals surface area contributed by atoms with Gasteiger partial charge in [-0.15, -0.1) is 0 Å². The van der Waals surface area contributed by atoms with E-state index in [1.54, 1.807) is 12.4 Å². The summed E-state index contributed by atoms with van der Waals surface area (Å²) >= 11 is 0. The number of pyridine rings is 2. The van der Waals surface area contributed by atoms with E-state index in [4.69, 9.17) is 0 Å². The highest BCUT2D eigenvalue weighted by Crippen LogP contribution is 2.29. The second-order valence-electron chi connectivity index (χ2n) is 4.10. The Labute approximate surface area is 103 Å². The first-order valence-electron chi connectivity index (χ1n) is 5.69. The van der Waals surface area contributed by atoms with E-state index in [1.165, 1.54) is 0 Å². The van der Waals surface area contributed by atoms with Crippen molar-refractivity contribution in [3.8, 4) is 0 Å². The molecule has 2 aliphatic heterocycles. The van der Waals surface area contributed by atoms with Gasteiger partial charge in [-0.1, -0.05) is 0 Å². The Morgan fingerprint density at radius 3 is 2.83 bits per heavy atom. The molecule has 0 saturated heterocycles. The molecule has 5 heteroatoms. The van der Waals surface area contributed by atoms with Gasteiger partial charge in [-0.25, -0.2) is 4.98 Å². The number of hydrogen-bond acceptors (Lipinski definition) is 5. The van der Waals surface area contributed by atoms with Crippen molar-refractivity contribution in [1.82, 2.24) is 9.97 Å². The fraction of sp³-hybridized carbons (Fsp3) is 0.0769. The molecule has 0 radical (unpaired) electrons. The van der Waals surface area contributed by atoms with Gasteiger partial charge in [0, 0.05) is 29.7 Å². The van der Waals surface area contributed by atoms with Crippen LogP contribution >= 0.6 is 0 Å². The number of hydrogen-bond donors (Lipinski definition) is 1. The van der Waals surface area contributed by atoms with Crippen LogP contribution in [0.1, 0.15) is 11.1 Å². The zero-order valence-electron chi connectivity index (χ0n) is 9.46. The molecule has 2 aromatic heterocycles. The van der Waals surface area contributed by atoms with Crippen molar-refractivity contribution in [2.45, 2.75) is 0 Å². The maximum atomic E-state index is 4.46. The van der Waals surface area contributed by atoms with Gasteiger partial charge in [0.15, 0.2) is 0 Å². The average molecular weight is 235 g/mol. The Morgan fingerprint density at radius 2 is 1.89 bits per heavy atom. The van der Waals surface area contributed by atoms with E-state index in [1.807, 2.05) is 24.4 Å². The summed E-state index contributed by atoms with van der Waals surface area (Å²) in [6.07, 6.45) is 5.34. The minimum Gasteiger partial charge on any atom is -0.339 e. The molecular formula is C13H9N5. The third kappa shape index (κ3) is 1.21. The summed E-state index contributed by atoms with van der Waals surface area (Å²) in [7, 11) is 0. The van der Waals surface area contributed by atoms with Gasteiger partial charge in [-0.05, 0) is 18.2 Å². The van der Waals surface area contributed by atoms with E-state index in [0.29, 0.717) is 6.67 Å². The Hall–Kier alpha value is -2.56. The first kappa shape index (κ1) is 9.47. The molecule has 0 fully saturated rings. The normalized spacial score (nSPS) is 15.6. The van der Waals surface area contributed by atoms with Crippen molar-refractivity contribution in [3.63, 3.8) is 0 Å². The van der Waals surface area contributed by atoms with Gasteiger partial charge in [-0.3, -0.25) is 15.0 Å². The first-order valence-corrected chi connectivity index (χ1v) is 5.69. The van der Waals surface area contributed by atoms with Gasteiger partial charge in [0.25, 0.3) is 0 Å². The van der Waals surface area contributed by atoms with Crippen LogP contribution in [0.4, 0.5) is 11.5 Å². The summed E-state index contributed by atoms with van der Waals surface area (Å²) in [6, 6.07) is 5.85. The molecule has 0 spiro atoms. The fourth-order valence-corrected chi connectivity index (χ4v) is 2.27. The molecule has 2 aliphatic rings. The summed E-state index contributed by atoms with van der Waals surface area (Å²) in [4.78, 5) is 17.5. The maximum Gasteiger partial charge on any atom is 0.139 e. The van der Waals surface area contributed by atoms with Gasteiger partial charge < -0.3 is 5.32 Å². The van der Waals surface area contributed by atoms with Gasteiger partial charge in [0.2, 0.25) is 0 Å². The minimum atomic E-state index is 0.479. The first-order chi connectivity index (χ1) is 8.93. The SMILES string of the molecule is c1cnc2c(c1)C1=NCN=C1c1cnccc1N2. The van der Waals surface area contributed by atoms with E-state index < -0.39 is 0 Å². The third-order valence-corrected chi connectivity index (χ3v) is 3.07. The van der Waals surface area contributed by atoms with Crippen LogP contribution in [0.25, 0.3) is 0 Å². The summed E-state index contributed by atoms with van der Waals surface area (Å²) in [5.74, 6) is 0.816. The molecule has 4 rings (SSSR count). The molecule has 0 saturated carbocycles. The van der Waals surface area contributed by atoms with E-state index in [9.17, 15) is 0 Å². The predicted octanol–water partition coefficient (Wildman–Crippen LogP) is 1.78. The van der Waals surface area contributed by atoms with Crippen LogP contribution in [-0.2, 0) is 0 Å². The average Bonchev–Trinajstić information content (AvgIpc) is 2.84. The summed E-state index contributed by atoms with van der Waals surface area (Å²) in [5, 5.41) is 3.32. The van der Waals surface area contributed by atoms with E-state index in [-0.39, 0.29) is 0 Å². The minimum absolute atomic E-state index is 0.479. The fourth-order valence-electron chi connectivity index (χ4n) is 2.27. The lowest BCUT2D eigenvalue weighted by molar-refractivity contribution is 1.10. The van der Waals surface area contributed by atoms with Crippen molar-refractivity contribution in [1.29, 1.82) is 0 Å². The maximum absolute atomic E-state index is 4.46. The molecule has 5 nitrogen and oxygen atoms in total. The Kier molecular flexibility index (Phi) is 1.82. The van der Waals surface area contributed by atoms with Crippen molar-refractivity contribution < 1.29 is 0 Å². The molecule has 4 heterocycles. The molecule has 18 heavy (non-hydrogen) atoms. The number of nitrogens with one attached hydrogen (secondary N) is 1. The monoisotopic (exact) mass is 235 g/mol. The summed E-state index contributed by atoms with van der Waals surface area (Å²) in [5.41, 5.74) is 4.74. The molecule has 0 atom stereocenters. The summed E-state index contributed by atoms with van der Waals surface area (Å²) < 4.78 is 0. The van der Waals surface area contributed by atoms with Gasteiger partial charge in [-0.2, -0.15) is 0 Å². The van der Waals surface area contributed by atoms with Gasteiger partial charge >= 0.3 is 0 Å². The van der Waals surface area contributed by atoms with Crippen molar-refractivity contribution in [3.05, 3.63) is 47.9 Å². The quantitative estimate of drug-likeness (QED) is 0.757. The lowest BCUT2D eigenvalue weighted by Crippen LogP contribution is -2.13. The van der Waals surface area contributed by atoms with E-state index in [0.717, 1.165) is 34.1 Å². The number of rotatable bonds is 0. The Balaban J connectivity index is 2.05. The van der Waals surface area contributed by atoms with Crippen LogP contribution in [0.2, 0.25) is 0 Å². The molecule has 0 unspecified atom stereocenters. The zero-order valence-corrected chi connectivity index (χ0v) is 9.46. The van der Waals surface area contributed by atoms with Crippen LogP contribution in [0.15, 0.2) is 46.8 Å². The van der Waals surface area contributed by atoms with Gasteiger partial charge in [0.05, 0.1) is 17.1 Å². The van der Waals surface area contributed by atoms with Crippen LogP contribution in [0, 0.1) is 0 Å². The topological polar surface area (TPSA) is 62.5 Å². The van der Waals surface area contributed by atoms with Crippen LogP contribution < -0.4 is 5.32 Å². The van der Waals surface area contributed by atoms with E-state index >= 15 is 0 Å². The van der Waals surface area contributed by atoms with Crippen molar-refractivity contribution in [2.24, 2.45) is 9.98 Å². The molecule has 0 aromatic carbocycles. The van der Waals surface area contributed by atoms with Crippen LogP contribution in [-0.4, -0.2) is 28.1 Å². The van der Waals surface area contributed by atoms with E-state index in [2.05, 4.69) is 25.3 Å². The molecular weight excluding hydrogens is 226 g/mol. The van der Waals surface area contributed by atoms with Gasteiger partial charge in [0.1, 0.15) is 12.5 Å². The lowest BCUT2D eigenvalue weighted by Gasteiger charge is -2.06. The molecule has 2 aromatic rings. The van der Waals surface area contributed by atoms with Crippen molar-refractivity contribution >= 4 is 22.9 Å². The number of anilines is 2. The number of aromatic nitrogens is 2. The second kappa shape index (κ2) is 3.46. The standard InChI is InChI=1S/C13H9N5/c1-2-8-11-12(17-7-16-11)9-6-14-5-3-10(9)18-13(8)15-4-1/h1-6H,7H2,(H,15,18). The summed E-state index contributed by atoms with van der Waals surface area (Å²) in [6.45, 7) is 0.479. The van der Waals surface area contributed by atoms with Crippen LogP contribution in [0.5, 0.6) is 0 Å². The predicted molar refractivity (Wildman–Crippen MR) is 69.7 cm³/mol. The lowest BCUT2D eigenvalue weighted by atomic mass is 10.0. The zero-order chi connectivity index (χ0) is 11.9. The van der Waals surface area contributed by atoms with Crippen LogP contribution in [0.3, 0.4) is 0 Å². The highest BCUT2D eigenvalue weighted by Gasteiger charge is 2.26. The smallest absolute Gasteiger partial charge is 0.139 e. The molecule has 86 valence electrons. The molecule has 0 aliphatic carbocycles. The molecule has 0 bridgehead atoms. The van der Waals surface area contributed by atoms with Crippen molar-refractivity contribution in [2.75, 3.05) is 12.0 Å². The highest BCUT2D eigenvalue weighted by atomic mass is 15.1. The Bertz CT molecular complexity index is 643. The highest BCUT2D eigenvalue weighted by molar-refractivity contribution is 6.56. The second-order valence-corrected chi connectivity index (χ2v) is 4.10. The number of fused-ring (bicyclic) bond motifs is 5. The number of nitrogens with zero attached hydrogens (tertiary/aromatic N) is 4. The molecule has 1 N–H and O–H groups in total.